The largest absolute Gasteiger partial charge is 0.493 e. The number of hydrogen-bond acceptors (Lipinski definition) is 6. The summed E-state index contributed by atoms with van der Waals surface area (Å²) in [5, 5.41) is 9.73. The Hall–Kier alpha value is -2.80. The van der Waals surface area contributed by atoms with E-state index < -0.39 is 0 Å². The van der Waals surface area contributed by atoms with E-state index in [4.69, 9.17) is 14.5 Å². The van der Waals surface area contributed by atoms with Gasteiger partial charge in [0.25, 0.3) is 5.91 Å². The number of aliphatic hydroxyl groups is 1. The van der Waals surface area contributed by atoms with Crippen molar-refractivity contribution >= 4 is 11.7 Å². The van der Waals surface area contributed by atoms with Crippen LogP contribution < -0.4 is 14.4 Å². The van der Waals surface area contributed by atoms with Gasteiger partial charge in [-0.3, -0.25) is 4.79 Å². The molecule has 158 valence electrons. The highest BCUT2D eigenvalue weighted by Gasteiger charge is 2.36. The Labute approximate surface area is 176 Å². The van der Waals surface area contributed by atoms with Crippen molar-refractivity contribution in [1.82, 2.24) is 9.88 Å². The van der Waals surface area contributed by atoms with Crippen molar-refractivity contribution in [3.63, 3.8) is 0 Å². The van der Waals surface area contributed by atoms with Crippen LogP contribution in [0.1, 0.15) is 46.1 Å². The predicted molar refractivity (Wildman–Crippen MR) is 112 cm³/mol. The van der Waals surface area contributed by atoms with Gasteiger partial charge in [-0.25, -0.2) is 4.98 Å². The summed E-state index contributed by atoms with van der Waals surface area (Å²) in [6.07, 6.45) is 2.93. The Kier molecular flexibility index (Phi) is 4.77. The minimum atomic E-state index is -0.366. The number of aryl methyl sites for hydroxylation is 1. The van der Waals surface area contributed by atoms with Gasteiger partial charge in [-0.2, -0.15) is 0 Å². The van der Waals surface area contributed by atoms with E-state index in [1.165, 1.54) is 5.56 Å². The molecular formula is C23H27N3O4. The second-order valence-electron chi connectivity index (χ2n) is 8.35. The molecule has 0 spiro atoms. The standard InChI is InChI=1S/C23H27N3O4/c1-14-11-18-21(19(13-27)25(2)23(18)28)24-22(14)26-8-5-16(6-9-26)30-17-4-3-15-7-10-29-20(15)12-17/h3-4,11-12,16,19,27H,5-10,13H2,1-2H3. The maximum absolute atomic E-state index is 12.4. The number of piperidine rings is 1. The lowest BCUT2D eigenvalue weighted by Gasteiger charge is -2.34. The number of aromatic nitrogens is 1. The van der Waals surface area contributed by atoms with E-state index in [1.54, 1.807) is 11.9 Å². The Morgan fingerprint density at radius 1 is 1.27 bits per heavy atom. The molecule has 0 radical (unpaired) electrons. The fourth-order valence-corrected chi connectivity index (χ4v) is 4.68. The van der Waals surface area contributed by atoms with E-state index in [0.717, 1.165) is 61.8 Å². The first kappa shape index (κ1) is 19.2. The normalized spacial score (nSPS) is 20.9. The number of amides is 1. The average molecular weight is 409 g/mol. The summed E-state index contributed by atoms with van der Waals surface area (Å²) in [4.78, 5) is 21.1. The van der Waals surface area contributed by atoms with Gasteiger partial charge in [-0.1, -0.05) is 6.07 Å². The number of carbonyl (C=O) groups is 1. The van der Waals surface area contributed by atoms with Gasteiger partial charge in [-0.05, 0) is 30.2 Å². The van der Waals surface area contributed by atoms with Crippen LogP contribution in [0.2, 0.25) is 0 Å². The highest BCUT2D eigenvalue weighted by atomic mass is 16.5. The van der Waals surface area contributed by atoms with Crippen LogP contribution in [0, 0.1) is 6.92 Å². The third kappa shape index (κ3) is 3.17. The Balaban J connectivity index is 1.28. The van der Waals surface area contributed by atoms with Crippen LogP contribution in [0.15, 0.2) is 24.3 Å². The van der Waals surface area contributed by atoms with Gasteiger partial charge in [0.05, 0.1) is 30.5 Å². The number of likely N-dealkylation sites (N-methyl/N-ethyl adjacent to an activating group) is 1. The molecule has 7 heteroatoms. The number of hydrogen-bond donors (Lipinski definition) is 1. The molecule has 2 aromatic rings. The zero-order valence-electron chi connectivity index (χ0n) is 17.4. The molecule has 1 N–H and O–H groups in total. The lowest BCUT2D eigenvalue weighted by molar-refractivity contribution is 0.0715. The SMILES string of the molecule is Cc1cc2c(nc1N1CCC(Oc3ccc4c(c3)OCC4)CC1)C(CO)N(C)C2=O. The van der Waals surface area contributed by atoms with Gasteiger partial charge < -0.3 is 24.4 Å². The van der Waals surface area contributed by atoms with Gasteiger partial charge in [0.2, 0.25) is 0 Å². The molecule has 5 rings (SSSR count). The molecule has 1 amide bonds. The van der Waals surface area contributed by atoms with Crippen LogP contribution in [-0.4, -0.2) is 60.4 Å². The molecule has 0 bridgehead atoms. The molecule has 1 saturated heterocycles. The van der Waals surface area contributed by atoms with Crippen LogP contribution in [0.5, 0.6) is 11.5 Å². The number of benzene rings is 1. The van der Waals surface area contributed by atoms with Gasteiger partial charge in [-0.15, -0.1) is 0 Å². The van der Waals surface area contributed by atoms with Crippen molar-refractivity contribution in [2.24, 2.45) is 0 Å². The number of pyridine rings is 1. The number of carbonyl (C=O) groups excluding carboxylic acids is 1. The van der Waals surface area contributed by atoms with Crippen molar-refractivity contribution in [3.05, 3.63) is 46.6 Å². The molecule has 30 heavy (non-hydrogen) atoms. The van der Waals surface area contributed by atoms with Crippen molar-refractivity contribution in [1.29, 1.82) is 0 Å². The number of ether oxygens (including phenoxy) is 2. The summed E-state index contributed by atoms with van der Waals surface area (Å²) in [5.41, 5.74) is 3.53. The molecule has 7 nitrogen and oxygen atoms in total. The summed E-state index contributed by atoms with van der Waals surface area (Å²) >= 11 is 0. The Bertz CT molecular complexity index is 985. The molecule has 1 unspecified atom stereocenters. The monoisotopic (exact) mass is 409 g/mol. The fourth-order valence-electron chi connectivity index (χ4n) is 4.68. The topological polar surface area (TPSA) is 75.1 Å². The maximum Gasteiger partial charge on any atom is 0.256 e. The van der Waals surface area contributed by atoms with Crippen molar-refractivity contribution in [2.75, 3.05) is 38.3 Å². The minimum Gasteiger partial charge on any atom is -0.493 e. The second-order valence-corrected chi connectivity index (χ2v) is 8.35. The van der Waals surface area contributed by atoms with Crippen LogP contribution >= 0.6 is 0 Å². The van der Waals surface area contributed by atoms with Crippen molar-refractivity contribution in [2.45, 2.75) is 38.3 Å². The van der Waals surface area contributed by atoms with E-state index in [1.807, 2.05) is 25.1 Å². The molecule has 3 aliphatic heterocycles. The molecule has 0 aliphatic carbocycles. The molecule has 1 fully saturated rings. The fraction of sp³-hybridized carbons (Fsp3) is 0.478. The first-order chi connectivity index (χ1) is 14.5. The zero-order valence-corrected chi connectivity index (χ0v) is 17.4. The molecule has 4 heterocycles. The van der Waals surface area contributed by atoms with E-state index in [2.05, 4.69) is 11.0 Å². The Morgan fingerprint density at radius 2 is 2.07 bits per heavy atom. The van der Waals surface area contributed by atoms with Gasteiger partial charge in [0, 0.05) is 45.5 Å². The van der Waals surface area contributed by atoms with Crippen LogP contribution in [0.3, 0.4) is 0 Å². The maximum atomic E-state index is 12.4. The number of fused-ring (bicyclic) bond motifs is 2. The molecule has 1 aromatic carbocycles. The summed E-state index contributed by atoms with van der Waals surface area (Å²) < 4.78 is 11.9. The summed E-state index contributed by atoms with van der Waals surface area (Å²) in [6, 6.07) is 7.69. The lowest BCUT2D eigenvalue weighted by Crippen LogP contribution is -2.39. The Morgan fingerprint density at radius 3 is 2.83 bits per heavy atom. The van der Waals surface area contributed by atoms with Gasteiger partial charge in [0.15, 0.2) is 0 Å². The van der Waals surface area contributed by atoms with Gasteiger partial charge >= 0.3 is 0 Å². The summed E-state index contributed by atoms with van der Waals surface area (Å²) in [5.74, 6) is 2.64. The van der Waals surface area contributed by atoms with E-state index in [9.17, 15) is 9.90 Å². The quantitative estimate of drug-likeness (QED) is 0.836. The van der Waals surface area contributed by atoms with Gasteiger partial charge in [0.1, 0.15) is 23.4 Å². The first-order valence-electron chi connectivity index (χ1n) is 10.6. The summed E-state index contributed by atoms with van der Waals surface area (Å²) in [7, 11) is 1.72. The summed E-state index contributed by atoms with van der Waals surface area (Å²) in [6.45, 7) is 4.31. The highest BCUT2D eigenvalue weighted by Crippen LogP contribution is 2.35. The molecule has 3 aliphatic rings. The number of nitrogens with zero attached hydrogens (tertiary/aromatic N) is 3. The number of aliphatic hydroxyl groups excluding tert-OH is 1. The predicted octanol–water partition coefficient (Wildman–Crippen LogP) is 2.49. The average Bonchev–Trinajstić information content (AvgIpc) is 3.31. The number of rotatable bonds is 4. The van der Waals surface area contributed by atoms with E-state index >= 15 is 0 Å². The molecule has 0 saturated carbocycles. The van der Waals surface area contributed by atoms with E-state index in [-0.39, 0.29) is 24.7 Å². The smallest absolute Gasteiger partial charge is 0.256 e. The second kappa shape index (κ2) is 7.47. The number of anilines is 1. The van der Waals surface area contributed by atoms with Crippen molar-refractivity contribution in [3.8, 4) is 11.5 Å². The van der Waals surface area contributed by atoms with E-state index in [0.29, 0.717) is 11.3 Å². The minimum absolute atomic E-state index is 0.0726. The van der Waals surface area contributed by atoms with Crippen LogP contribution in [-0.2, 0) is 6.42 Å². The third-order valence-electron chi connectivity index (χ3n) is 6.43. The highest BCUT2D eigenvalue weighted by molar-refractivity contribution is 5.99. The zero-order chi connectivity index (χ0) is 20.8. The van der Waals surface area contributed by atoms with Crippen LogP contribution in [0.25, 0.3) is 0 Å². The molecule has 1 aromatic heterocycles. The third-order valence-corrected chi connectivity index (χ3v) is 6.43. The van der Waals surface area contributed by atoms with Crippen LogP contribution in [0.4, 0.5) is 5.82 Å². The molecule has 1 atom stereocenters. The molecular weight excluding hydrogens is 382 g/mol. The van der Waals surface area contributed by atoms with Crippen molar-refractivity contribution < 1.29 is 19.4 Å². The lowest BCUT2D eigenvalue weighted by atomic mass is 10.0. The first-order valence-corrected chi connectivity index (χ1v) is 10.6.